The first-order valence-corrected chi connectivity index (χ1v) is 15.3. The predicted octanol–water partition coefficient (Wildman–Crippen LogP) is 3.60. The maximum atomic E-state index is 14.7. The number of fused-ring (bicyclic) bond motifs is 2. The van der Waals surface area contributed by atoms with Crippen molar-refractivity contribution < 1.29 is 18.3 Å². The van der Waals surface area contributed by atoms with Gasteiger partial charge in [0, 0.05) is 50.0 Å². The van der Waals surface area contributed by atoms with E-state index in [9.17, 15) is 18.8 Å². The minimum absolute atomic E-state index is 0.0613. The van der Waals surface area contributed by atoms with E-state index in [4.69, 9.17) is 14.7 Å². The monoisotopic (exact) mass is 591 g/mol. The van der Waals surface area contributed by atoms with Crippen molar-refractivity contribution in [3.63, 3.8) is 0 Å². The summed E-state index contributed by atoms with van der Waals surface area (Å²) in [5.74, 6) is 0.459. The van der Waals surface area contributed by atoms with Crippen LogP contribution < -0.4 is 14.5 Å². The lowest BCUT2D eigenvalue weighted by molar-refractivity contribution is -0.128. The molecule has 1 aromatic carbocycles. The van der Waals surface area contributed by atoms with Gasteiger partial charge in [-0.1, -0.05) is 6.58 Å². The Morgan fingerprint density at radius 3 is 2.65 bits per heavy atom. The second-order valence-corrected chi connectivity index (χ2v) is 12.1. The van der Waals surface area contributed by atoms with Gasteiger partial charge < -0.3 is 19.4 Å². The van der Waals surface area contributed by atoms with Crippen LogP contribution in [-0.4, -0.2) is 90.3 Å². The van der Waals surface area contributed by atoms with Crippen molar-refractivity contribution in [2.24, 2.45) is 0 Å². The van der Waals surface area contributed by atoms with Gasteiger partial charge >= 0.3 is 6.01 Å². The van der Waals surface area contributed by atoms with Crippen LogP contribution in [0.2, 0.25) is 0 Å². The van der Waals surface area contributed by atoms with Crippen molar-refractivity contribution in [1.29, 1.82) is 5.26 Å². The zero-order chi connectivity index (χ0) is 30.1. The Hall–Kier alpha value is -3.78. The molecule has 9 nitrogen and oxygen atoms in total. The zero-order valence-corrected chi connectivity index (χ0v) is 24.8. The minimum atomic E-state index is -0.875. The van der Waals surface area contributed by atoms with Crippen LogP contribution >= 0.6 is 0 Å². The molecule has 4 heterocycles. The molecule has 2 fully saturated rings. The first-order valence-electron chi connectivity index (χ1n) is 15.3. The highest BCUT2D eigenvalue weighted by Gasteiger charge is 2.35. The Kier molecular flexibility index (Phi) is 8.48. The van der Waals surface area contributed by atoms with Crippen molar-refractivity contribution >= 4 is 17.4 Å². The number of rotatable bonds is 7. The lowest BCUT2D eigenvalue weighted by atomic mass is 9.89. The van der Waals surface area contributed by atoms with Crippen LogP contribution in [0.3, 0.4) is 0 Å². The predicted molar refractivity (Wildman–Crippen MR) is 159 cm³/mol. The number of carbonyl (C=O) groups excluding carboxylic acids is 1. The van der Waals surface area contributed by atoms with Gasteiger partial charge in [-0.25, -0.2) is 8.78 Å². The number of anilines is 2. The van der Waals surface area contributed by atoms with E-state index in [1.165, 1.54) is 6.08 Å². The van der Waals surface area contributed by atoms with E-state index < -0.39 is 6.17 Å². The van der Waals surface area contributed by atoms with Crippen LogP contribution in [0.5, 0.6) is 6.01 Å². The number of likely N-dealkylation sites (N-methyl/N-ethyl adjacent to an activating group) is 1. The number of hydrogen-bond donors (Lipinski definition) is 0. The first-order chi connectivity index (χ1) is 20.9. The summed E-state index contributed by atoms with van der Waals surface area (Å²) in [4.78, 5) is 30.4. The Balaban J connectivity index is 1.32. The topological polar surface area (TPSA) is 88.8 Å². The Labute approximate surface area is 251 Å². The highest BCUT2D eigenvalue weighted by atomic mass is 19.1. The molecule has 0 unspecified atom stereocenters. The molecular weight excluding hydrogens is 552 g/mol. The van der Waals surface area contributed by atoms with Crippen molar-refractivity contribution in [2.45, 2.75) is 69.7 Å². The van der Waals surface area contributed by atoms with E-state index in [-0.39, 0.29) is 42.8 Å². The number of alkyl halides is 1. The number of ether oxygens (including phenoxy) is 1. The molecule has 2 saturated heterocycles. The van der Waals surface area contributed by atoms with Gasteiger partial charge in [0.2, 0.25) is 5.91 Å². The highest BCUT2D eigenvalue weighted by Crippen LogP contribution is 2.37. The molecule has 0 saturated carbocycles. The molecule has 43 heavy (non-hydrogen) atoms. The summed E-state index contributed by atoms with van der Waals surface area (Å²) < 4.78 is 34.9. The third-order valence-electron chi connectivity index (χ3n) is 9.43. The van der Waals surface area contributed by atoms with E-state index in [1.807, 2.05) is 18.0 Å². The lowest BCUT2D eigenvalue weighted by Gasteiger charge is -2.42. The summed E-state index contributed by atoms with van der Waals surface area (Å²) in [5.41, 5.74) is 4.89. The van der Waals surface area contributed by atoms with Crippen molar-refractivity contribution in [1.82, 2.24) is 19.8 Å². The van der Waals surface area contributed by atoms with E-state index in [0.717, 1.165) is 66.1 Å². The number of hydrogen-bond acceptors (Lipinski definition) is 8. The molecular formula is C32H39F2N7O2. The van der Waals surface area contributed by atoms with E-state index in [1.54, 1.807) is 11.0 Å². The first kappa shape index (κ1) is 29.3. The third kappa shape index (κ3) is 5.90. The number of likely N-dealkylation sites (tertiary alicyclic amines) is 1. The summed E-state index contributed by atoms with van der Waals surface area (Å²) in [5, 5.41) is 9.50. The summed E-state index contributed by atoms with van der Waals surface area (Å²) in [6.45, 7) is 7.02. The van der Waals surface area contributed by atoms with Crippen molar-refractivity contribution in [2.75, 3.05) is 56.2 Å². The fourth-order valence-corrected chi connectivity index (χ4v) is 7.13. The molecule has 1 amide bonds. The van der Waals surface area contributed by atoms with Gasteiger partial charge in [0.25, 0.3) is 0 Å². The molecule has 0 radical (unpaired) electrons. The van der Waals surface area contributed by atoms with Gasteiger partial charge in [-0.2, -0.15) is 15.2 Å². The minimum Gasteiger partial charge on any atom is -0.462 e. The average Bonchev–Trinajstić information content (AvgIpc) is 3.35. The lowest BCUT2D eigenvalue weighted by Crippen LogP contribution is -2.55. The smallest absolute Gasteiger partial charge is 0.318 e. The second-order valence-electron chi connectivity index (χ2n) is 12.1. The molecule has 4 aliphatic rings. The number of nitrogens with zero attached hydrogens (tertiary/aromatic N) is 7. The van der Waals surface area contributed by atoms with Crippen LogP contribution in [0.25, 0.3) is 0 Å². The number of benzene rings is 1. The quantitative estimate of drug-likeness (QED) is 0.452. The molecule has 3 aliphatic heterocycles. The van der Waals surface area contributed by atoms with Gasteiger partial charge in [-0.3, -0.25) is 9.69 Å². The van der Waals surface area contributed by atoms with Gasteiger partial charge in [0.1, 0.15) is 24.4 Å². The fourth-order valence-electron chi connectivity index (χ4n) is 7.13. The normalized spacial score (nSPS) is 23.9. The van der Waals surface area contributed by atoms with Crippen LogP contribution in [0.4, 0.5) is 20.3 Å². The number of piperazine rings is 1. The largest absolute Gasteiger partial charge is 0.462 e. The standard InChI is InChI=1S/C32H39F2N7O2/c1-3-30(42)41-15-14-40(18-22(41)10-12-35)31-26-11-13-39(29-9-8-27(34)24-6-4-5-7-25(24)29)19-28(26)36-32(37-31)43-20-23-16-21(33)17-38(23)2/h3,8-9,21-23H,1,4-7,10-11,13-20H2,2H3/t21-,22+,23+/m1/s1. The second kappa shape index (κ2) is 12.4. The summed E-state index contributed by atoms with van der Waals surface area (Å²) in [6.07, 6.45) is 5.42. The molecule has 6 rings (SSSR count). The summed E-state index contributed by atoms with van der Waals surface area (Å²) in [7, 11) is 1.90. The number of aromatic nitrogens is 2. The number of amides is 1. The average molecular weight is 592 g/mol. The Morgan fingerprint density at radius 2 is 1.91 bits per heavy atom. The van der Waals surface area contributed by atoms with E-state index in [2.05, 4.69) is 22.4 Å². The molecule has 3 atom stereocenters. The van der Waals surface area contributed by atoms with Gasteiger partial charge in [-0.15, -0.1) is 0 Å². The van der Waals surface area contributed by atoms with Gasteiger partial charge in [0.15, 0.2) is 0 Å². The molecule has 11 heteroatoms. The fraction of sp³-hybridized carbons (Fsp3) is 0.562. The Morgan fingerprint density at radius 1 is 1.09 bits per heavy atom. The van der Waals surface area contributed by atoms with Crippen LogP contribution in [0.1, 0.15) is 48.1 Å². The van der Waals surface area contributed by atoms with E-state index >= 15 is 0 Å². The summed E-state index contributed by atoms with van der Waals surface area (Å²) in [6, 6.07) is 5.60. The SMILES string of the molecule is C=CC(=O)N1CCN(c2nc(OC[C@@H]3C[C@@H](F)CN3C)nc3c2CCN(c2ccc(F)c4c2CCCC4)C3)C[C@@H]1CC#N. The van der Waals surface area contributed by atoms with Crippen molar-refractivity contribution in [3.8, 4) is 12.1 Å². The van der Waals surface area contributed by atoms with Gasteiger partial charge in [0.05, 0.1) is 30.8 Å². The highest BCUT2D eigenvalue weighted by molar-refractivity contribution is 5.87. The summed E-state index contributed by atoms with van der Waals surface area (Å²) >= 11 is 0. The molecule has 228 valence electrons. The maximum absolute atomic E-state index is 14.7. The van der Waals surface area contributed by atoms with Gasteiger partial charge in [-0.05, 0) is 74.9 Å². The van der Waals surface area contributed by atoms with Crippen LogP contribution in [-0.2, 0) is 30.6 Å². The van der Waals surface area contributed by atoms with Crippen molar-refractivity contribution in [3.05, 3.63) is 53.0 Å². The van der Waals surface area contributed by atoms with Crippen LogP contribution in [0, 0.1) is 17.1 Å². The molecule has 0 bridgehead atoms. The molecule has 0 spiro atoms. The zero-order valence-electron chi connectivity index (χ0n) is 24.8. The molecule has 1 aliphatic carbocycles. The molecule has 2 aromatic rings. The molecule has 1 aromatic heterocycles. The Bertz CT molecular complexity index is 1430. The van der Waals surface area contributed by atoms with Crippen LogP contribution in [0.15, 0.2) is 24.8 Å². The molecule has 0 N–H and O–H groups in total. The number of carbonyl (C=O) groups is 1. The third-order valence-corrected chi connectivity index (χ3v) is 9.43. The maximum Gasteiger partial charge on any atom is 0.318 e. The number of halogens is 2. The van der Waals surface area contributed by atoms with E-state index in [0.29, 0.717) is 45.6 Å². The number of nitriles is 1.